The fourth-order valence-electron chi connectivity index (χ4n) is 3.43. The molecule has 10 heteroatoms. The molecule has 2 N–H and O–H groups in total. The predicted octanol–water partition coefficient (Wildman–Crippen LogP) is 3.65. The van der Waals surface area contributed by atoms with Crippen molar-refractivity contribution >= 4 is 27.6 Å². The molecule has 1 aromatic heterocycles. The molecule has 0 spiro atoms. The van der Waals surface area contributed by atoms with Gasteiger partial charge in [-0.2, -0.15) is 0 Å². The Hall–Kier alpha value is -3.32. The first-order valence-corrected chi connectivity index (χ1v) is 12.2. The number of aliphatic imine (C=N–C) groups is 1. The van der Waals surface area contributed by atoms with Crippen LogP contribution in [0.1, 0.15) is 50.9 Å². The molecule has 0 amide bonds. The summed E-state index contributed by atoms with van der Waals surface area (Å²) in [7, 11) is -3.73. The predicted molar refractivity (Wildman–Crippen MR) is 128 cm³/mol. The van der Waals surface area contributed by atoms with Crippen LogP contribution in [0.15, 0.2) is 35.6 Å². The molecule has 0 unspecified atom stereocenters. The van der Waals surface area contributed by atoms with Gasteiger partial charge in [-0.05, 0) is 51.0 Å². The molecule has 0 fully saturated rings. The van der Waals surface area contributed by atoms with E-state index >= 15 is 0 Å². The van der Waals surface area contributed by atoms with E-state index in [0.29, 0.717) is 6.42 Å². The highest BCUT2D eigenvalue weighted by molar-refractivity contribution is 7.93. The molecule has 34 heavy (non-hydrogen) atoms. The van der Waals surface area contributed by atoms with E-state index in [2.05, 4.69) is 20.9 Å². The molecule has 1 aromatic carbocycles. The molecule has 180 valence electrons. The van der Waals surface area contributed by atoms with Crippen molar-refractivity contribution in [2.45, 2.75) is 50.5 Å². The minimum Gasteiger partial charge on any atom is -0.460 e. The highest BCUT2D eigenvalue weighted by Crippen LogP contribution is 2.38. The van der Waals surface area contributed by atoms with E-state index in [1.54, 1.807) is 0 Å². The lowest BCUT2D eigenvalue weighted by Gasteiger charge is -2.38. The lowest BCUT2D eigenvalue weighted by molar-refractivity contribution is 0.243. The van der Waals surface area contributed by atoms with E-state index in [-0.39, 0.29) is 28.5 Å². The van der Waals surface area contributed by atoms with E-state index in [4.69, 9.17) is 16.9 Å². The van der Waals surface area contributed by atoms with Crippen molar-refractivity contribution in [3.8, 4) is 18.2 Å². The Kier molecular flexibility index (Phi) is 6.80. The number of sulfone groups is 1. The largest absolute Gasteiger partial charge is 0.460 e. The zero-order chi connectivity index (χ0) is 25.3. The number of halogens is 2. The number of hydrogen-bond donors (Lipinski definition) is 1. The van der Waals surface area contributed by atoms with Gasteiger partial charge in [-0.1, -0.05) is 18.9 Å². The molecule has 1 aliphatic heterocycles. The Labute approximate surface area is 198 Å². The summed E-state index contributed by atoms with van der Waals surface area (Å²) in [6, 6.07) is 3.84. The number of nitrogens with zero attached hydrogens (tertiary/aromatic N) is 3. The SMILES string of the molecule is C#C[C@@H](CC)Oc1cnc(/C(F)=C/c2ccc(F)c([C@]3(C)CS(=O)(=O)C(C)(C)C(N)=N3)c2)cn1. The molecule has 0 saturated carbocycles. The van der Waals surface area contributed by atoms with Crippen molar-refractivity contribution in [3.63, 3.8) is 0 Å². The number of ether oxygens (including phenoxy) is 1. The van der Waals surface area contributed by atoms with E-state index in [0.717, 1.165) is 12.1 Å². The van der Waals surface area contributed by atoms with Gasteiger partial charge in [0.1, 0.15) is 27.6 Å². The fourth-order valence-corrected chi connectivity index (χ4v) is 5.11. The highest BCUT2D eigenvalue weighted by atomic mass is 32.2. The second kappa shape index (κ2) is 9.14. The topological polar surface area (TPSA) is 108 Å². The molecule has 2 aromatic rings. The maximum atomic E-state index is 14.9. The second-order valence-corrected chi connectivity index (χ2v) is 11.2. The molecular formula is C24H26F2N4O3S. The standard InChI is InChI=1S/C24H26F2N4O3S/c1-6-16(7-2)33-21-13-28-20(12-29-21)19(26)11-15-8-9-18(25)17(10-15)24(5)14-34(31,32)23(3,4)22(27)30-24/h1,8-13,16H,7,14H2,2-5H3,(H2,27,30)/b19-11-/t16-,24-/m0/s1. The summed E-state index contributed by atoms with van der Waals surface area (Å²) in [5.74, 6) is 0.668. The first kappa shape index (κ1) is 25.3. The Balaban J connectivity index is 1.94. The minimum atomic E-state index is -3.73. The van der Waals surface area contributed by atoms with Gasteiger partial charge in [0.25, 0.3) is 0 Å². The van der Waals surface area contributed by atoms with Crippen LogP contribution in [0.25, 0.3) is 11.9 Å². The lowest BCUT2D eigenvalue weighted by atomic mass is 9.91. The molecule has 2 heterocycles. The van der Waals surface area contributed by atoms with Crippen molar-refractivity contribution in [1.82, 2.24) is 9.97 Å². The van der Waals surface area contributed by atoms with Gasteiger partial charge in [-0.3, -0.25) is 4.99 Å². The maximum absolute atomic E-state index is 14.9. The van der Waals surface area contributed by atoms with Crippen LogP contribution in [0.2, 0.25) is 0 Å². The number of hydrogen-bond acceptors (Lipinski definition) is 7. The summed E-state index contributed by atoms with van der Waals surface area (Å²) in [5, 5.41) is 0. The molecule has 3 rings (SSSR count). The normalized spacial score (nSPS) is 22.4. The van der Waals surface area contributed by atoms with E-state index in [1.165, 1.54) is 45.3 Å². The Morgan fingerprint density at radius 2 is 2.03 bits per heavy atom. The lowest BCUT2D eigenvalue weighted by Crippen LogP contribution is -2.55. The van der Waals surface area contributed by atoms with Crippen LogP contribution in [0.3, 0.4) is 0 Å². The summed E-state index contributed by atoms with van der Waals surface area (Å²) in [5.41, 5.74) is 4.69. The van der Waals surface area contributed by atoms with Crippen molar-refractivity contribution in [3.05, 3.63) is 53.2 Å². The van der Waals surface area contributed by atoms with Gasteiger partial charge in [0.2, 0.25) is 5.88 Å². The van der Waals surface area contributed by atoms with Crippen LogP contribution in [0.4, 0.5) is 8.78 Å². The number of nitrogens with two attached hydrogens (primary N) is 1. The zero-order valence-electron chi connectivity index (χ0n) is 19.3. The Bertz CT molecular complexity index is 1300. The molecule has 2 atom stereocenters. The molecular weight excluding hydrogens is 462 g/mol. The van der Waals surface area contributed by atoms with E-state index in [1.807, 2.05) is 6.92 Å². The summed E-state index contributed by atoms with van der Waals surface area (Å²) in [6.07, 6.45) is 9.05. The summed E-state index contributed by atoms with van der Waals surface area (Å²) in [4.78, 5) is 12.3. The monoisotopic (exact) mass is 488 g/mol. The van der Waals surface area contributed by atoms with Crippen LogP contribution in [0.5, 0.6) is 5.88 Å². The average Bonchev–Trinajstić information content (AvgIpc) is 2.77. The third-order valence-electron chi connectivity index (χ3n) is 5.79. The zero-order valence-corrected chi connectivity index (χ0v) is 20.2. The van der Waals surface area contributed by atoms with E-state index < -0.39 is 43.6 Å². The number of aromatic nitrogens is 2. The molecule has 7 nitrogen and oxygen atoms in total. The van der Waals surface area contributed by atoms with Crippen LogP contribution in [0, 0.1) is 18.2 Å². The number of benzene rings is 1. The molecule has 0 aliphatic carbocycles. The van der Waals surface area contributed by atoms with Gasteiger partial charge < -0.3 is 10.5 Å². The highest BCUT2D eigenvalue weighted by Gasteiger charge is 2.49. The van der Waals surface area contributed by atoms with Crippen molar-refractivity contribution < 1.29 is 21.9 Å². The van der Waals surface area contributed by atoms with Gasteiger partial charge >= 0.3 is 0 Å². The van der Waals surface area contributed by atoms with Crippen LogP contribution < -0.4 is 10.5 Å². The number of rotatable bonds is 6. The van der Waals surface area contributed by atoms with Crippen molar-refractivity contribution in [1.29, 1.82) is 0 Å². The molecule has 0 radical (unpaired) electrons. The van der Waals surface area contributed by atoms with Gasteiger partial charge in [0, 0.05) is 5.56 Å². The first-order chi connectivity index (χ1) is 15.8. The molecule has 1 aliphatic rings. The number of amidine groups is 1. The van der Waals surface area contributed by atoms with Gasteiger partial charge in [0.15, 0.2) is 21.8 Å². The van der Waals surface area contributed by atoms with Gasteiger partial charge in [-0.25, -0.2) is 27.2 Å². The minimum absolute atomic E-state index is 0.00852. The summed E-state index contributed by atoms with van der Waals surface area (Å²) in [6.45, 7) is 6.25. The summed E-state index contributed by atoms with van der Waals surface area (Å²) >= 11 is 0. The quantitative estimate of drug-likeness (QED) is 0.622. The van der Waals surface area contributed by atoms with Crippen LogP contribution in [-0.4, -0.2) is 40.8 Å². The second-order valence-electron chi connectivity index (χ2n) is 8.69. The van der Waals surface area contributed by atoms with Gasteiger partial charge in [-0.15, -0.1) is 6.42 Å². The fraction of sp³-hybridized carbons (Fsp3) is 0.375. The van der Waals surface area contributed by atoms with E-state index in [9.17, 15) is 17.2 Å². The smallest absolute Gasteiger partial charge is 0.233 e. The molecule has 0 bridgehead atoms. The Morgan fingerprint density at radius 1 is 1.32 bits per heavy atom. The molecule has 0 saturated heterocycles. The van der Waals surface area contributed by atoms with Crippen LogP contribution >= 0.6 is 0 Å². The summed E-state index contributed by atoms with van der Waals surface area (Å²) < 4.78 is 59.3. The van der Waals surface area contributed by atoms with Gasteiger partial charge in [0.05, 0.1) is 18.1 Å². The van der Waals surface area contributed by atoms with Crippen LogP contribution in [-0.2, 0) is 15.4 Å². The first-order valence-electron chi connectivity index (χ1n) is 10.5. The Morgan fingerprint density at radius 3 is 2.59 bits per heavy atom. The van der Waals surface area contributed by atoms with Crippen molar-refractivity contribution in [2.24, 2.45) is 10.7 Å². The third kappa shape index (κ3) is 4.80. The number of terminal acetylenes is 1. The average molecular weight is 489 g/mol. The third-order valence-corrected chi connectivity index (χ3v) is 8.50. The maximum Gasteiger partial charge on any atom is 0.233 e. The van der Waals surface area contributed by atoms with Crippen molar-refractivity contribution in [2.75, 3.05) is 5.75 Å².